The van der Waals surface area contributed by atoms with E-state index in [4.69, 9.17) is 10.5 Å². The highest BCUT2D eigenvalue weighted by Gasteiger charge is 2.17. The van der Waals surface area contributed by atoms with Gasteiger partial charge in [-0.05, 0) is 37.6 Å². The van der Waals surface area contributed by atoms with Crippen LogP contribution in [0.2, 0.25) is 0 Å². The van der Waals surface area contributed by atoms with Crippen molar-refractivity contribution in [1.29, 1.82) is 0 Å². The Morgan fingerprint density at radius 1 is 1.50 bits per heavy atom. The van der Waals surface area contributed by atoms with Crippen LogP contribution in [0.5, 0.6) is 0 Å². The maximum atomic E-state index is 12.3. The second-order valence-corrected chi connectivity index (χ2v) is 4.46. The lowest BCUT2D eigenvalue weighted by molar-refractivity contribution is 0.0633. The van der Waals surface area contributed by atoms with Gasteiger partial charge in [-0.15, -0.1) is 0 Å². The first kappa shape index (κ1) is 14.7. The molecule has 0 aliphatic carbocycles. The molecule has 1 atom stereocenters. The highest BCUT2D eigenvalue weighted by atomic mass is 16.5. The van der Waals surface area contributed by atoms with Crippen molar-refractivity contribution in [1.82, 2.24) is 4.90 Å². The van der Waals surface area contributed by atoms with E-state index < -0.39 is 0 Å². The van der Waals surface area contributed by atoms with Crippen LogP contribution < -0.4 is 5.73 Å². The van der Waals surface area contributed by atoms with Crippen molar-refractivity contribution in [3.8, 4) is 0 Å². The molecule has 0 heterocycles. The molecule has 1 aromatic rings. The van der Waals surface area contributed by atoms with E-state index in [1.54, 1.807) is 19.1 Å². The predicted octanol–water partition coefficient (Wildman–Crippen LogP) is 1.29. The maximum Gasteiger partial charge on any atom is 0.253 e. The summed E-state index contributed by atoms with van der Waals surface area (Å²) in [5.74, 6) is 0.0124. The highest BCUT2D eigenvalue weighted by molar-refractivity contribution is 5.94. The number of carbonyl (C=O) groups is 1. The lowest BCUT2D eigenvalue weighted by Crippen LogP contribution is -2.37. The number of hydrogen-bond acceptors (Lipinski definition) is 3. The van der Waals surface area contributed by atoms with Crippen molar-refractivity contribution in [3.63, 3.8) is 0 Å². The van der Waals surface area contributed by atoms with E-state index in [9.17, 15) is 4.79 Å². The van der Waals surface area contributed by atoms with Gasteiger partial charge in [-0.2, -0.15) is 0 Å². The first-order valence-electron chi connectivity index (χ1n) is 6.15. The third kappa shape index (κ3) is 3.82. The molecule has 1 rings (SSSR count). The van der Waals surface area contributed by atoms with E-state index in [2.05, 4.69) is 0 Å². The molecule has 1 unspecified atom stereocenters. The number of amides is 1. The Morgan fingerprint density at radius 2 is 2.22 bits per heavy atom. The quantitative estimate of drug-likeness (QED) is 0.828. The summed E-state index contributed by atoms with van der Waals surface area (Å²) < 4.78 is 5.06. The zero-order chi connectivity index (χ0) is 13.5. The van der Waals surface area contributed by atoms with Crippen molar-refractivity contribution in [2.24, 2.45) is 5.73 Å². The minimum Gasteiger partial charge on any atom is -0.383 e. The SMILES string of the molecule is COCC(C)N(C)C(=O)c1cccc(CCN)c1. The summed E-state index contributed by atoms with van der Waals surface area (Å²) in [6.07, 6.45) is 0.790. The summed E-state index contributed by atoms with van der Waals surface area (Å²) in [6, 6.07) is 7.68. The van der Waals surface area contributed by atoms with Crippen molar-refractivity contribution < 1.29 is 9.53 Å². The molecule has 0 aliphatic rings. The van der Waals surface area contributed by atoms with Gasteiger partial charge in [-0.1, -0.05) is 12.1 Å². The van der Waals surface area contributed by atoms with E-state index in [0.717, 1.165) is 12.0 Å². The van der Waals surface area contributed by atoms with Crippen LogP contribution in [0, 0.1) is 0 Å². The number of carbonyl (C=O) groups excluding carboxylic acids is 1. The van der Waals surface area contributed by atoms with E-state index in [-0.39, 0.29) is 11.9 Å². The van der Waals surface area contributed by atoms with E-state index in [1.165, 1.54) is 0 Å². The van der Waals surface area contributed by atoms with Crippen molar-refractivity contribution in [2.45, 2.75) is 19.4 Å². The number of ether oxygens (including phenoxy) is 1. The molecule has 0 fully saturated rings. The number of hydrogen-bond donors (Lipinski definition) is 1. The van der Waals surface area contributed by atoms with Gasteiger partial charge in [0, 0.05) is 19.7 Å². The summed E-state index contributed by atoms with van der Waals surface area (Å²) >= 11 is 0. The molecule has 0 radical (unpaired) electrons. The largest absolute Gasteiger partial charge is 0.383 e. The van der Waals surface area contributed by atoms with Gasteiger partial charge in [0.15, 0.2) is 0 Å². The first-order chi connectivity index (χ1) is 8.60. The molecule has 0 bridgehead atoms. The van der Waals surface area contributed by atoms with Crippen LogP contribution in [-0.2, 0) is 11.2 Å². The molecule has 0 spiro atoms. The molecule has 2 N–H and O–H groups in total. The molecule has 1 aromatic carbocycles. The fraction of sp³-hybridized carbons (Fsp3) is 0.500. The Morgan fingerprint density at radius 3 is 2.83 bits per heavy atom. The summed E-state index contributed by atoms with van der Waals surface area (Å²) in [5.41, 5.74) is 7.32. The van der Waals surface area contributed by atoms with Crippen LogP contribution in [0.15, 0.2) is 24.3 Å². The molecular weight excluding hydrogens is 228 g/mol. The maximum absolute atomic E-state index is 12.3. The zero-order valence-corrected chi connectivity index (χ0v) is 11.3. The molecule has 4 heteroatoms. The Hall–Kier alpha value is -1.39. The first-order valence-corrected chi connectivity index (χ1v) is 6.15. The van der Waals surface area contributed by atoms with Crippen molar-refractivity contribution in [3.05, 3.63) is 35.4 Å². The molecule has 0 saturated carbocycles. The monoisotopic (exact) mass is 250 g/mol. The van der Waals surface area contributed by atoms with Gasteiger partial charge in [-0.3, -0.25) is 4.79 Å². The molecule has 0 aromatic heterocycles. The Bertz CT molecular complexity index is 393. The van der Waals surface area contributed by atoms with Gasteiger partial charge in [-0.25, -0.2) is 0 Å². The van der Waals surface area contributed by atoms with Crippen LogP contribution in [0.25, 0.3) is 0 Å². The third-order valence-electron chi connectivity index (χ3n) is 3.00. The van der Waals surface area contributed by atoms with Crippen LogP contribution in [0.4, 0.5) is 0 Å². The number of likely N-dealkylation sites (N-methyl/N-ethyl adjacent to an activating group) is 1. The number of nitrogens with two attached hydrogens (primary N) is 1. The molecule has 18 heavy (non-hydrogen) atoms. The molecule has 0 saturated heterocycles. The summed E-state index contributed by atoms with van der Waals surface area (Å²) in [4.78, 5) is 14.0. The second kappa shape index (κ2) is 7.13. The molecular formula is C14H22N2O2. The molecule has 100 valence electrons. The number of methoxy groups -OCH3 is 1. The molecule has 0 aliphatic heterocycles. The van der Waals surface area contributed by atoms with Crippen LogP contribution in [0.3, 0.4) is 0 Å². The fourth-order valence-corrected chi connectivity index (χ4v) is 1.78. The van der Waals surface area contributed by atoms with Gasteiger partial charge in [0.25, 0.3) is 5.91 Å². The summed E-state index contributed by atoms with van der Waals surface area (Å²) in [7, 11) is 3.43. The Balaban J connectivity index is 2.79. The minimum absolute atomic E-state index is 0.0124. The zero-order valence-electron chi connectivity index (χ0n) is 11.3. The smallest absolute Gasteiger partial charge is 0.253 e. The predicted molar refractivity (Wildman–Crippen MR) is 72.6 cm³/mol. The van der Waals surface area contributed by atoms with Crippen molar-refractivity contribution in [2.75, 3.05) is 27.3 Å². The molecule has 1 amide bonds. The average molecular weight is 250 g/mol. The van der Waals surface area contributed by atoms with Gasteiger partial charge < -0.3 is 15.4 Å². The van der Waals surface area contributed by atoms with Crippen LogP contribution >= 0.6 is 0 Å². The van der Waals surface area contributed by atoms with Gasteiger partial charge in [0.05, 0.1) is 12.6 Å². The van der Waals surface area contributed by atoms with Gasteiger partial charge in [0.2, 0.25) is 0 Å². The number of rotatable bonds is 6. The normalized spacial score (nSPS) is 12.2. The van der Waals surface area contributed by atoms with Crippen LogP contribution in [0.1, 0.15) is 22.8 Å². The number of nitrogens with zero attached hydrogens (tertiary/aromatic N) is 1. The lowest BCUT2D eigenvalue weighted by Gasteiger charge is -2.24. The lowest BCUT2D eigenvalue weighted by atomic mass is 10.1. The molecule has 4 nitrogen and oxygen atoms in total. The summed E-state index contributed by atoms with van der Waals surface area (Å²) in [6.45, 7) is 3.09. The number of benzene rings is 1. The topological polar surface area (TPSA) is 55.6 Å². The standard InChI is InChI=1S/C14H22N2O2/c1-11(10-18-3)16(2)14(17)13-6-4-5-12(9-13)7-8-15/h4-6,9,11H,7-8,10,15H2,1-3H3. The highest BCUT2D eigenvalue weighted by Crippen LogP contribution is 2.10. The van der Waals surface area contributed by atoms with Gasteiger partial charge >= 0.3 is 0 Å². The van der Waals surface area contributed by atoms with E-state index in [0.29, 0.717) is 18.7 Å². The van der Waals surface area contributed by atoms with Gasteiger partial charge in [0.1, 0.15) is 0 Å². The van der Waals surface area contributed by atoms with E-state index >= 15 is 0 Å². The third-order valence-corrected chi connectivity index (χ3v) is 3.00. The summed E-state index contributed by atoms with van der Waals surface area (Å²) in [5, 5.41) is 0. The van der Waals surface area contributed by atoms with Crippen LogP contribution in [-0.4, -0.2) is 44.2 Å². The Labute approximate surface area is 109 Å². The fourth-order valence-electron chi connectivity index (χ4n) is 1.78. The van der Waals surface area contributed by atoms with Crippen molar-refractivity contribution >= 4 is 5.91 Å². The van der Waals surface area contributed by atoms with E-state index in [1.807, 2.05) is 31.2 Å². The second-order valence-electron chi connectivity index (χ2n) is 4.46. The Kier molecular flexibility index (Phi) is 5.82. The average Bonchev–Trinajstić information content (AvgIpc) is 2.38. The minimum atomic E-state index is 0.0124.